The number of aromatic nitrogens is 1. The molecule has 0 amide bonds. The molecule has 162 valence electrons. The smallest absolute Gasteiger partial charge is 0.219 e. The summed E-state index contributed by atoms with van der Waals surface area (Å²) in [7, 11) is 6.97. The van der Waals surface area contributed by atoms with E-state index < -0.39 is 0 Å². The van der Waals surface area contributed by atoms with E-state index in [1.54, 1.807) is 27.5 Å². The molecule has 0 fully saturated rings. The van der Waals surface area contributed by atoms with Crippen LogP contribution in [0.3, 0.4) is 0 Å². The predicted molar refractivity (Wildman–Crippen MR) is 122 cm³/mol. The number of nitrogens with one attached hydrogen (secondary N) is 1. The lowest BCUT2D eigenvalue weighted by Gasteiger charge is -2.22. The lowest BCUT2D eigenvalue weighted by atomic mass is 10.2. The van der Waals surface area contributed by atoms with Crippen molar-refractivity contribution in [3.8, 4) is 23.1 Å². The van der Waals surface area contributed by atoms with Gasteiger partial charge in [-0.05, 0) is 23.3 Å². The Morgan fingerprint density at radius 1 is 0.935 bits per heavy atom. The molecule has 0 aliphatic carbocycles. The van der Waals surface area contributed by atoms with Gasteiger partial charge in [-0.25, -0.2) is 4.98 Å². The van der Waals surface area contributed by atoms with Crippen LogP contribution in [0.15, 0.2) is 71.9 Å². The van der Waals surface area contributed by atoms with Gasteiger partial charge >= 0.3 is 0 Å². The lowest BCUT2D eigenvalue weighted by Crippen LogP contribution is -2.38. The molecule has 3 rings (SSSR count). The minimum Gasteiger partial charge on any atom is -0.493 e. The van der Waals surface area contributed by atoms with Gasteiger partial charge in [0.05, 0.1) is 14.2 Å². The summed E-state index contributed by atoms with van der Waals surface area (Å²) in [4.78, 5) is 10.9. The lowest BCUT2D eigenvalue weighted by molar-refractivity contribution is 0.342. The van der Waals surface area contributed by atoms with Gasteiger partial charge in [0.2, 0.25) is 11.6 Å². The molecular weight excluding hydrogens is 392 g/mol. The Kier molecular flexibility index (Phi) is 7.70. The highest BCUT2D eigenvalue weighted by Gasteiger charge is 2.13. The number of pyridine rings is 1. The molecule has 1 aromatic heterocycles. The summed E-state index contributed by atoms with van der Waals surface area (Å²) in [6, 6.07) is 19.5. The van der Waals surface area contributed by atoms with Gasteiger partial charge in [0.1, 0.15) is 0 Å². The quantitative estimate of drug-likeness (QED) is 0.437. The number of guanidine groups is 1. The zero-order chi connectivity index (χ0) is 22.1. The molecule has 2 aromatic carbocycles. The molecule has 7 nitrogen and oxygen atoms in total. The van der Waals surface area contributed by atoms with Gasteiger partial charge in [-0.1, -0.05) is 42.5 Å². The van der Waals surface area contributed by atoms with E-state index in [0.29, 0.717) is 29.7 Å². The standard InChI is InChI=1S/C24H28N4O3/c1-25-24(28(2)17-18-9-6-5-7-10-18)27-16-19-13-14-22(26-15-19)31-23-20(29-3)11-8-12-21(23)30-4/h5-15H,16-17H2,1-4H3,(H,25,27). The van der Waals surface area contributed by atoms with Crippen LogP contribution in [0, 0.1) is 0 Å². The Balaban J connectivity index is 1.60. The molecule has 0 radical (unpaired) electrons. The number of benzene rings is 2. The van der Waals surface area contributed by atoms with Gasteiger partial charge in [0.25, 0.3) is 0 Å². The summed E-state index contributed by atoms with van der Waals surface area (Å²) in [5.74, 6) is 2.92. The van der Waals surface area contributed by atoms with Crippen molar-refractivity contribution in [2.75, 3.05) is 28.3 Å². The first-order valence-corrected chi connectivity index (χ1v) is 9.94. The molecule has 0 spiro atoms. The number of methoxy groups -OCH3 is 2. The molecular formula is C24H28N4O3. The summed E-state index contributed by atoms with van der Waals surface area (Å²) in [6.07, 6.45) is 1.77. The van der Waals surface area contributed by atoms with E-state index in [1.807, 2.05) is 55.6 Å². The number of ether oxygens (including phenoxy) is 3. The maximum Gasteiger partial charge on any atom is 0.219 e. The molecule has 0 atom stereocenters. The van der Waals surface area contributed by atoms with Crippen LogP contribution in [0.25, 0.3) is 0 Å². The Labute approximate surface area is 183 Å². The van der Waals surface area contributed by atoms with Crippen LogP contribution in [-0.2, 0) is 13.1 Å². The van der Waals surface area contributed by atoms with Crippen molar-refractivity contribution in [2.24, 2.45) is 4.99 Å². The van der Waals surface area contributed by atoms with Crippen molar-refractivity contribution >= 4 is 5.96 Å². The van der Waals surface area contributed by atoms with Crippen molar-refractivity contribution in [3.63, 3.8) is 0 Å². The van der Waals surface area contributed by atoms with Gasteiger partial charge in [0, 0.05) is 39.4 Å². The van der Waals surface area contributed by atoms with Crippen molar-refractivity contribution in [1.29, 1.82) is 0 Å². The zero-order valence-corrected chi connectivity index (χ0v) is 18.3. The minimum atomic E-state index is 0.456. The van der Waals surface area contributed by atoms with Gasteiger partial charge in [-0.3, -0.25) is 4.99 Å². The van der Waals surface area contributed by atoms with E-state index >= 15 is 0 Å². The molecule has 3 aromatic rings. The Morgan fingerprint density at radius 2 is 1.65 bits per heavy atom. The Morgan fingerprint density at radius 3 is 2.23 bits per heavy atom. The first kappa shape index (κ1) is 22.0. The van der Waals surface area contributed by atoms with Crippen molar-refractivity contribution < 1.29 is 14.2 Å². The van der Waals surface area contributed by atoms with Crippen LogP contribution < -0.4 is 19.5 Å². The van der Waals surface area contributed by atoms with Gasteiger partial charge < -0.3 is 24.4 Å². The summed E-state index contributed by atoms with van der Waals surface area (Å²) in [5, 5.41) is 3.37. The van der Waals surface area contributed by atoms with Crippen LogP contribution in [0.4, 0.5) is 0 Å². The van der Waals surface area contributed by atoms with E-state index in [0.717, 1.165) is 18.1 Å². The third-order valence-corrected chi connectivity index (χ3v) is 4.67. The first-order valence-electron chi connectivity index (χ1n) is 9.94. The van der Waals surface area contributed by atoms with Crippen molar-refractivity contribution in [3.05, 3.63) is 78.0 Å². The highest BCUT2D eigenvalue weighted by molar-refractivity contribution is 5.79. The van der Waals surface area contributed by atoms with E-state index in [-0.39, 0.29) is 0 Å². The van der Waals surface area contributed by atoms with Gasteiger partial charge in [0.15, 0.2) is 17.5 Å². The first-order chi connectivity index (χ1) is 15.1. The summed E-state index contributed by atoms with van der Waals surface area (Å²) in [6.45, 7) is 1.36. The number of rotatable bonds is 8. The largest absolute Gasteiger partial charge is 0.493 e. The van der Waals surface area contributed by atoms with Crippen LogP contribution in [0.2, 0.25) is 0 Å². The molecule has 0 aliphatic heterocycles. The van der Waals surface area contributed by atoms with E-state index in [2.05, 4.69) is 32.3 Å². The third-order valence-electron chi connectivity index (χ3n) is 4.67. The second-order valence-electron chi connectivity index (χ2n) is 6.84. The molecule has 31 heavy (non-hydrogen) atoms. The number of aliphatic imine (C=N–C) groups is 1. The Hall–Kier alpha value is -3.74. The topological polar surface area (TPSA) is 68.2 Å². The summed E-state index contributed by atoms with van der Waals surface area (Å²) < 4.78 is 16.6. The molecule has 0 aliphatic rings. The fourth-order valence-corrected chi connectivity index (χ4v) is 3.10. The van der Waals surface area contributed by atoms with Crippen molar-refractivity contribution in [1.82, 2.24) is 15.2 Å². The molecule has 0 bridgehead atoms. The van der Waals surface area contributed by atoms with Crippen LogP contribution in [0.1, 0.15) is 11.1 Å². The van der Waals surface area contributed by atoms with Crippen LogP contribution >= 0.6 is 0 Å². The van der Waals surface area contributed by atoms with E-state index in [1.165, 1.54) is 5.56 Å². The fourth-order valence-electron chi connectivity index (χ4n) is 3.10. The van der Waals surface area contributed by atoms with E-state index in [9.17, 15) is 0 Å². The number of hydrogen-bond donors (Lipinski definition) is 1. The summed E-state index contributed by atoms with van der Waals surface area (Å²) in [5.41, 5.74) is 2.23. The van der Waals surface area contributed by atoms with Crippen LogP contribution in [-0.4, -0.2) is 44.2 Å². The van der Waals surface area contributed by atoms with Crippen molar-refractivity contribution in [2.45, 2.75) is 13.1 Å². The second-order valence-corrected chi connectivity index (χ2v) is 6.84. The second kappa shape index (κ2) is 10.9. The Bertz CT molecular complexity index is 969. The number of hydrogen-bond acceptors (Lipinski definition) is 5. The van der Waals surface area contributed by atoms with Gasteiger partial charge in [-0.15, -0.1) is 0 Å². The molecule has 0 saturated heterocycles. The maximum atomic E-state index is 5.92. The fraction of sp³-hybridized carbons (Fsp3) is 0.250. The number of nitrogens with zero attached hydrogens (tertiary/aromatic N) is 3. The predicted octanol–water partition coefficient (Wildman–Crippen LogP) is 4.10. The minimum absolute atomic E-state index is 0.456. The van der Waals surface area contributed by atoms with Gasteiger partial charge in [-0.2, -0.15) is 0 Å². The average Bonchev–Trinajstić information content (AvgIpc) is 2.81. The molecule has 1 heterocycles. The highest BCUT2D eigenvalue weighted by atomic mass is 16.5. The average molecular weight is 421 g/mol. The van der Waals surface area contributed by atoms with E-state index in [4.69, 9.17) is 14.2 Å². The molecule has 1 N–H and O–H groups in total. The SMILES string of the molecule is CN=C(NCc1ccc(Oc2c(OC)cccc2OC)nc1)N(C)Cc1ccccc1. The monoisotopic (exact) mass is 420 g/mol. The maximum absolute atomic E-state index is 5.92. The number of para-hydroxylation sites is 1. The third kappa shape index (κ3) is 5.88. The highest BCUT2D eigenvalue weighted by Crippen LogP contribution is 2.39. The molecule has 0 saturated carbocycles. The zero-order valence-electron chi connectivity index (χ0n) is 18.3. The molecule has 7 heteroatoms. The normalized spacial score (nSPS) is 11.0. The van der Waals surface area contributed by atoms with Crippen LogP contribution in [0.5, 0.6) is 23.1 Å². The molecule has 0 unspecified atom stereocenters. The summed E-state index contributed by atoms with van der Waals surface area (Å²) >= 11 is 0.